The Kier molecular flexibility index (Phi) is 9.71. The maximum atomic E-state index is 14.6. The second-order valence-electron chi connectivity index (χ2n) is 20.8. The molecule has 1 N–H and O–H groups in total. The van der Waals surface area contributed by atoms with Crippen molar-refractivity contribution in [2.45, 2.75) is 136 Å². The van der Waals surface area contributed by atoms with E-state index in [1.54, 1.807) is 31.0 Å². The van der Waals surface area contributed by atoms with Gasteiger partial charge in [0.15, 0.2) is 11.5 Å². The van der Waals surface area contributed by atoms with Gasteiger partial charge in [-0.25, -0.2) is 0 Å². The molecule has 1 amide bonds. The van der Waals surface area contributed by atoms with Crippen molar-refractivity contribution in [2.24, 2.45) is 44.8 Å². The Labute approximate surface area is 336 Å². The van der Waals surface area contributed by atoms with Gasteiger partial charge in [0.25, 0.3) is 10.0 Å². The quantitative estimate of drug-likeness (QED) is 0.268. The molecule has 0 bridgehead atoms. The van der Waals surface area contributed by atoms with Crippen molar-refractivity contribution in [1.29, 1.82) is 0 Å². The van der Waals surface area contributed by atoms with E-state index in [-0.39, 0.29) is 43.3 Å². The average molecular weight is 789 g/mol. The monoisotopic (exact) mass is 788 g/mol. The highest BCUT2D eigenvalue weighted by atomic mass is 32.2. The third-order valence-corrected chi connectivity index (χ3v) is 18.8. The molecule has 1 aliphatic heterocycles. The van der Waals surface area contributed by atoms with Crippen molar-refractivity contribution in [3.63, 3.8) is 0 Å². The first-order chi connectivity index (χ1) is 26.4. The Bertz CT molecular complexity index is 2010. The average Bonchev–Trinajstić information content (AvgIpc) is 3.60. The number of benzene rings is 1. The number of amides is 1. The Balaban J connectivity index is 1.11. The molecule has 3 saturated carbocycles. The van der Waals surface area contributed by atoms with Crippen molar-refractivity contribution < 1.29 is 22.7 Å². The lowest BCUT2D eigenvalue weighted by Crippen LogP contribution is -2.65. The molecule has 2 heterocycles. The fraction of sp³-hybridized carbons (Fsp3) is 0.739. The van der Waals surface area contributed by atoms with Gasteiger partial charge >= 0.3 is 0 Å². The molecule has 56 heavy (non-hydrogen) atoms. The van der Waals surface area contributed by atoms with Gasteiger partial charge < -0.3 is 19.7 Å². The number of hydrogen-bond acceptors (Lipinski definition) is 7. The van der Waals surface area contributed by atoms with Crippen LogP contribution in [0.3, 0.4) is 0 Å². The minimum absolute atomic E-state index is 0.00900. The number of rotatable bonds is 8. The second kappa shape index (κ2) is 13.6. The molecule has 308 valence electrons. The number of likely N-dealkylation sites (tertiary alicyclic amines) is 1. The molecule has 2 aromatic rings. The summed E-state index contributed by atoms with van der Waals surface area (Å²) < 4.78 is 40.3. The second-order valence-corrected chi connectivity index (χ2v) is 22.6. The number of hydrogen-bond donors (Lipinski definition) is 1. The molecule has 9 nitrogen and oxygen atoms in total. The van der Waals surface area contributed by atoms with Crippen molar-refractivity contribution in [1.82, 2.24) is 19.4 Å². The summed E-state index contributed by atoms with van der Waals surface area (Å²) in [4.78, 5) is 17.2. The normalized spacial score (nSPS) is 36.1. The zero-order chi connectivity index (χ0) is 40.1. The molecule has 4 fully saturated rings. The smallest absolute Gasteiger partial charge is 0.283 e. The first-order valence-electron chi connectivity index (χ1n) is 21.6. The summed E-state index contributed by atoms with van der Waals surface area (Å²) in [6.45, 7) is 21.1. The van der Waals surface area contributed by atoms with Crippen LogP contribution in [-0.4, -0.2) is 68.8 Å². The molecule has 7 atom stereocenters. The Morgan fingerprint density at radius 1 is 0.911 bits per heavy atom. The summed E-state index contributed by atoms with van der Waals surface area (Å²) >= 11 is 0. The maximum Gasteiger partial charge on any atom is 0.283 e. The topological polar surface area (TPSA) is 103 Å². The first kappa shape index (κ1) is 40.0. The van der Waals surface area contributed by atoms with E-state index in [0.29, 0.717) is 29.2 Å². The number of nitrogens with one attached hydrogen (secondary N) is 1. The van der Waals surface area contributed by atoms with Gasteiger partial charge in [0.2, 0.25) is 5.91 Å². The predicted molar refractivity (Wildman–Crippen MR) is 220 cm³/mol. The molecule has 0 unspecified atom stereocenters. The van der Waals surface area contributed by atoms with Crippen LogP contribution < -0.4 is 14.8 Å². The number of carbonyl (C=O) groups excluding carboxylic acids is 1. The molecule has 8 rings (SSSR count). The fourth-order valence-electron chi connectivity index (χ4n) is 14.0. The lowest BCUT2D eigenvalue weighted by molar-refractivity contribution is -0.167. The van der Waals surface area contributed by atoms with Crippen LogP contribution >= 0.6 is 0 Å². The van der Waals surface area contributed by atoms with Gasteiger partial charge in [-0.15, -0.1) is 0 Å². The van der Waals surface area contributed by atoms with Gasteiger partial charge in [-0.3, -0.25) is 4.79 Å². The number of allylic oxidation sites excluding steroid dienone is 2. The summed E-state index contributed by atoms with van der Waals surface area (Å²) in [5.41, 5.74) is 3.07. The van der Waals surface area contributed by atoms with Gasteiger partial charge in [0.05, 0.1) is 30.2 Å². The Morgan fingerprint density at radius 2 is 1.62 bits per heavy atom. The van der Waals surface area contributed by atoms with Crippen molar-refractivity contribution >= 4 is 15.9 Å². The molecule has 1 aromatic carbocycles. The van der Waals surface area contributed by atoms with E-state index in [9.17, 15) is 13.2 Å². The highest BCUT2D eigenvalue weighted by Gasteiger charge is 2.69. The lowest BCUT2D eigenvalue weighted by Gasteiger charge is -2.70. The number of ether oxygens (including phenoxy) is 2. The zero-order valence-electron chi connectivity index (χ0n) is 35.7. The number of nitrogens with zero attached hydrogens (tertiary/aromatic N) is 3. The number of methoxy groups -OCH3 is 2. The summed E-state index contributed by atoms with van der Waals surface area (Å²) in [6, 6.07) is 4.71. The van der Waals surface area contributed by atoms with Gasteiger partial charge in [-0.05, 0) is 141 Å². The minimum Gasteiger partial charge on any atom is -0.493 e. The molecule has 1 aromatic heterocycles. The van der Waals surface area contributed by atoms with Crippen molar-refractivity contribution in [3.8, 4) is 11.5 Å². The van der Waals surface area contributed by atoms with E-state index in [2.05, 4.69) is 64.8 Å². The highest BCUT2D eigenvalue weighted by Crippen LogP contribution is 2.75. The Morgan fingerprint density at radius 3 is 2.34 bits per heavy atom. The molecular weight excluding hydrogens is 721 g/mol. The van der Waals surface area contributed by atoms with Gasteiger partial charge in [0, 0.05) is 30.8 Å². The summed E-state index contributed by atoms with van der Waals surface area (Å²) in [6.07, 6.45) is 17.4. The summed E-state index contributed by atoms with van der Waals surface area (Å²) in [5.74, 6) is 2.19. The molecule has 1 saturated heterocycles. The van der Waals surface area contributed by atoms with Crippen LogP contribution in [0, 0.1) is 44.8 Å². The standard InChI is InChI=1S/C46H68N4O5S/c1-41(2)19-21-46(40(51)47-23-26-49-24-11-10-12-25-49)22-20-44(6)33(34(46)29-41)14-16-38-43(5)28-31-30-50(48-39(31)42(3,4)37(43)17-18-45(38,44)7)56(52,53)32-13-15-35(54-8)36(27-32)55-9/h13-15,27,30,34,37-38H,10-12,16-26,28-29H2,1-9H3,(H,47,51)/t34-,37-,38+,43-,44+,45+,46-/m0/s1. The molecule has 0 spiro atoms. The number of carbonyl (C=O) groups is 1. The van der Waals surface area contributed by atoms with Crippen LogP contribution in [0.2, 0.25) is 0 Å². The fourth-order valence-corrected chi connectivity index (χ4v) is 15.1. The zero-order valence-corrected chi connectivity index (χ0v) is 36.5. The summed E-state index contributed by atoms with van der Waals surface area (Å²) in [7, 11) is -0.922. The van der Waals surface area contributed by atoms with Gasteiger partial charge in [-0.2, -0.15) is 17.6 Å². The Hall–Kier alpha value is -2.85. The third kappa shape index (κ3) is 5.86. The minimum atomic E-state index is -3.97. The van der Waals surface area contributed by atoms with E-state index in [1.807, 2.05) is 0 Å². The van der Waals surface area contributed by atoms with E-state index in [1.165, 1.54) is 36.5 Å². The van der Waals surface area contributed by atoms with E-state index in [0.717, 1.165) is 95.2 Å². The van der Waals surface area contributed by atoms with Crippen LogP contribution in [-0.2, 0) is 26.7 Å². The lowest BCUT2D eigenvalue weighted by atomic mass is 9.33. The number of piperidine rings is 1. The molecule has 5 aliphatic carbocycles. The predicted octanol–water partition coefficient (Wildman–Crippen LogP) is 8.55. The van der Waals surface area contributed by atoms with Crippen LogP contribution in [0.5, 0.6) is 11.5 Å². The largest absolute Gasteiger partial charge is 0.493 e. The van der Waals surface area contributed by atoms with E-state index >= 15 is 0 Å². The first-order valence-corrected chi connectivity index (χ1v) is 23.1. The third-order valence-electron chi connectivity index (χ3n) is 17.2. The van der Waals surface area contributed by atoms with Crippen molar-refractivity contribution in [3.05, 3.63) is 47.3 Å². The van der Waals surface area contributed by atoms with Crippen LogP contribution in [0.1, 0.15) is 130 Å². The van der Waals surface area contributed by atoms with E-state index < -0.39 is 10.0 Å². The summed E-state index contributed by atoms with van der Waals surface area (Å²) in [5, 5.41) is 8.42. The van der Waals surface area contributed by atoms with Crippen LogP contribution in [0.4, 0.5) is 0 Å². The maximum absolute atomic E-state index is 14.6. The highest BCUT2D eigenvalue weighted by molar-refractivity contribution is 7.89. The molecule has 6 aliphatic rings. The number of aromatic nitrogens is 2. The van der Waals surface area contributed by atoms with Gasteiger partial charge in [-0.1, -0.05) is 66.5 Å². The molecule has 10 heteroatoms. The molecular formula is C46H68N4O5S. The van der Waals surface area contributed by atoms with Crippen molar-refractivity contribution in [2.75, 3.05) is 40.4 Å². The number of fused-ring (bicyclic) bond motifs is 8. The van der Waals surface area contributed by atoms with Gasteiger partial charge in [0.1, 0.15) is 0 Å². The molecule has 0 radical (unpaired) electrons. The SMILES string of the molecule is COc1ccc(S(=O)(=O)n2cc3c(n2)C(C)(C)[C@@H]2CC[C@]4(C)[C@H](CC=C5[C@@H]6CC(C)(C)CC[C@]6(C(=O)NCCN6CCCCC6)CC[C@]54C)[C@@]2(C)C3)cc1OC. The van der Waals surface area contributed by atoms with Crippen LogP contribution in [0.15, 0.2) is 40.9 Å². The van der Waals surface area contributed by atoms with Crippen LogP contribution in [0.25, 0.3) is 0 Å². The van der Waals surface area contributed by atoms with E-state index in [4.69, 9.17) is 14.6 Å².